The summed E-state index contributed by atoms with van der Waals surface area (Å²) in [6.07, 6.45) is 6.11. The van der Waals surface area contributed by atoms with E-state index in [2.05, 4.69) is 19.9 Å². The minimum atomic E-state index is 0.771. The van der Waals surface area contributed by atoms with Gasteiger partial charge in [-0.1, -0.05) is 13.8 Å². The summed E-state index contributed by atoms with van der Waals surface area (Å²) >= 11 is 0. The monoisotopic (exact) mass is 178 g/mol. The molecule has 0 bridgehead atoms. The standard InChI is InChI=1S/C12H18O/c1-3-9-6-5-7-12-11(9)8-10(4-2)13-12/h8-9H,3-7H2,1-2H3. The molecule has 0 amide bonds. The normalized spacial score (nSPS) is 21.5. The highest BCUT2D eigenvalue weighted by Gasteiger charge is 2.22. The Morgan fingerprint density at radius 3 is 3.00 bits per heavy atom. The van der Waals surface area contributed by atoms with E-state index >= 15 is 0 Å². The zero-order valence-corrected chi connectivity index (χ0v) is 8.60. The van der Waals surface area contributed by atoms with E-state index in [9.17, 15) is 0 Å². The summed E-state index contributed by atoms with van der Waals surface area (Å²) < 4.78 is 5.79. The molecule has 13 heavy (non-hydrogen) atoms. The SMILES string of the molecule is CCc1cc2c(o1)CCCC2CC. The lowest BCUT2D eigenvalue weighted by molar-refractivity contribution is 0.425. The molecule has 0 saturated carbocycles. The molecule has 1 aromatic heterocycles. The molecule has 72 valence electrons. The molecule has 1 heterocycles. The summed E-state index contributed by atoms with van der Waals surface area (Å²) in [5.41, 5.74) is 1.51. The number of furan rings is 1. The van der Waals surface area contributed by atoms with Crippen LogP contribution in [0, 0.1) is 0 Å². The van der Waals surface area contributed by atoms with Crippen molar-refractivity contribution in [2.45, 2.75) is 51.9 Å². The Kier molecular flexibility index (Phi) is 2.43. The fraction of sp³-hybridized carbons (Fsp3) is 0.667. The quantitative estimate of drug-likeness (QED) is 0.673. The van der Waals surface area contributed by atoms with Crippen LogP contribution in [0.5, 0.6) is 0 Å². The van der Waals surface area contributed by atoms with Gasteiger partial charge in [0.2, 0.25) is 0 Å². The molecule has 0 spiro atoms. The lowest BCUT2D eigenvalue weighted by Gasteiger charge is -2.19. The maximum atomic E-state index is 5.79. The number of hydrogen-bond acceptors (Lipinski definition) is 1. The Hall–Kier alpha value is -0.720. The first kappa shape index (κ1) is 8.86. The first-order chi connectivity index (χ1) is 6.35. The van der Waals surface area contributed by atoms with Crippen molar-refractivity contribution >= 4 is 0 Å². The molecule has 0 aromatic carbocycles. The highest BCUT2D eigenvalue weighted by atomic mass is 16.3. The third-order valence-corrected chi connectivity index (χ3v) is 3.13. The van der Waals surface area contributed by atoms with Gasteiger partial charge in [0.1, 0.15) is 11.5 Å². The smallest absolute Gasteiger partial charge is 0.107 e. The third-order valence-electron chi connectivity index (χ3n) is 3.13. The number of aryl methyl sites for hydroxylation is 2. The molecule has 2 rings (SSSR count). The predicted molar refractivity (Wildman–Crippen MR) is 54.1 cm³/mol. The van der Waals surface area contributed by atoms with Crippen LogP contribution in [-0.4, -0.2) is 0 Å². The minimum absolute atomic E-state index is 0.771. The topological polar surface area (TPSA) is 13.1 Å². The highest BCUT2D eigenvalue weighted by Crippen LogP contribution is 2.35. The predicted octanol–water partition coefficient (Wildman–Crippen LogP) is 3.67. The third kappa shape index (κ3) is 1.52. The fourth-order valence-corrected chi connectivity index (χ4v) is 2.30. The first-order valence-electron chi connectivity index (χ1n) is 5.46. The van der Waals surface area contributed by atoms with Crippen molar-refractivity contribution in [1.82, 2.24) is 0 Å². The number of rotatable bonds is 2. The maximum absolute atomic E-state index is 5.79. The second kappa shape index (κ2) is 3.57. The van der Waals surface area contributed by atoms with Gasteiger partial charge in [-0.25, -0.2) is 0 Å². The summed E-state index contributed by atoms with van der Waals surface area (Å²) in [4.78, 5) is 0. The lowest BCUT2D eigenvalue weighted by Crippen LogP contribution is -2.05. The van der Waals surface area contributed by atoms with Crippen molar-refractivity contribution in [3.05, 3.63) is 23.2 Å². The summed E-state index contributed by atoms with van der Waals surface area (Å²) in [5, 5.41) is 0. The van der Waals surface area contributed by atoms with E-state index in [-0.39, 0.29) is 0 Å². The molecule has 0 fully saturated rings. The van der Waals surface area contributed by atoms with Crippen LogP contribution in [0.4, 0.5) is 0 Å². The van der Waals surface area contributed by atoms with Gasteiger partial charge < -0.3 is 4.42 Å². The molecule has 1 heteroatoms. The summed E-state index contributed by atoms with van der Waals surface area (Å²) in [6, 6.07) is 2.28. The van der Waals surface area contributed by atoms with Crippen LogP contribution in [-0.2, 0) is 12.8 Å². The molecule has 0 N–H and O–H groups in total. The summed E-state index contributed by atoms with van der Waals surface area (Å²) in [7, 11) is 0. The fourth-order valence-electron chi connectivity index (χ4n) is 2.30. The lowest BCUT2D eigenvalue weighted by atomic mass is 9.85. The van der Waals surface area contributed by atoms with Crippen LogP contribution in [0.15, 0.2) is 10.5 Å². The van der Waals surface area contributed by atoms with E-state index in [1.807, 2.05) is 0 Å². The van der Waals surface area contributed by atoms with Crippen LogP contribution in [0.3, 0.4) is 0 Å². The Morgan fingerprint density at radius 1 is 1.46 bits per heavy atom. The van der Waals surface area contributed by atoms with E-state index in [1.165, 1.54) is 36.3 Å². The van der Waals surface area contributed by atoms with Gasteiger partial charge in [0.15, 0.2) is 0 Å². The second-order valence-electron chi connectivity index (χ2n) is 3.94. The highest BCUT2D eigenvalue weighted by molar-refractivity contribution is 5.28. The van der Waals surface area contributed by atoms with Gasteiger partial charge in [-0.2, -0.15) is 0 Å². The second-order valence-corrected chi connectivity index (χ2v) is 3.94. The molecular weight excluding hydrogens is 160 g/mol. The molecule has 1 nitrogen and oxygen atoms in total. The first-order valence-corrected chi connectivity index (χ1v) is 5.46. The molecule has 1 aromatic rings. The Bertz CT molecular complexity index is 285. The summed E-state index contributed by atoms with van der Waals surface area (Å²) in [5.74, 6) is 3.22. The van der Waals surface area contributed by atoms with Crippen molar-refractivity contribution < 1.29 is 4.42 Å². The zero-order chi connectivity index (χ0) is 9.26. The average molecular weight is 178 g/mol. The van der Waals surface area contributed by atoms with Crippen LogP contribution < -0.4 is 0 Å². The van der Waals surface area contributed by atoms with E-state index in [4.69, 9.17) is 4.42 Å². The maximum Gasteiger partial charge on any atom is 0.107 e. The van der Waals surface area contributed by atoms with Crippen LogP contribution in [0.2, 0.25) is 0 Å². The van der Waals surface area contributed by atoms with Gasteiger partial charge in [-0.15, -0.1) is 0 Å². The van der Waals surface area contributed by atoms with Crippen molar-refractivity contribution in [2.75, 3.05) is 0 Å². The Labute approximate surface area is 80.1 Å². The molecular formula is C12H18O. The van der Waals surface area contributed by atoms with E-state index in [0.717, 1.165) is 18.8 Å². The van der Waals surface area contributed by atoms with E-state index in [1.54, 1.807) is 0 Å². The van der Waals surface area contributed by atoms with Gasteiger partial charge in [-0.3, -0.25) is 0 Å². The zero-order valence-electron chi connectivity index (χ0n) is 8.60. The van der Waals surface area contributed by atoms with Gasteiger partial charge >= 0.3 is 0 Å². The van der Waals surface area contributed by atoms with Gasteiger partial charge in [0, 0.05) is 12.8 Å². The summed E-state index contributed by atoms with van der Waals surface area (Å²) in [6.45, 7) is 4.43. The van der Waals surface area contributed by atoms with Crippen molar-refractivity contribution in [3.8, 4) is 0 Å². The van der Waals surface area contributed by atoms with E-state index < -0.39 is 0 Å². The molecule has 0 saturated heterocycles. The molecule has 0 aliphatic heterocycles. The number of fused-ring (bicyclic) bond motifs is 1. The Morgan fingerprint density at radius 2 is 2.31 bits per heavy atom. The molecule has 0 radical (unpaired) electrons. The van der Waals surface area contributed by atoms with Crippen LogP contribution >= 0.6 is 0 Å². The van der Waals surface area contributed by atoms with E-state index in [0.29, 0.717) is 0 Å². The van der Waals surface area contributed by atoms with Crippen molar-refractivity contribution in [2.24, 2.45) is 0 Å². The Balaban J connectivity index is 2.32. The molecule has 1 aliphatic carbocycles. The molecule has 1 atom stereocenters. The van der Waals surface area contributed by atoms with Crippen LogP contribution in [0.25, 0.3) is 0 Å². The van der Waals surface area contributed by atoms with Crippen molar-refractivity contribution in [1.29, 1.82) is 0 Å². The van der Waals surface area contributed by atoms with Crippen molar-refractivity contribution in [3.63, 3.8) is 0 Å². The molecule has 1 aliphatic rings. The number of hydrogen-bond donors (Lipinski definition) is 0. The van der Waals surface area contributed by atoms with Crippen LogP contribution in [0.1, 0.15) is 56.1 Å². The largest absolute Gasteiger partial charge is 0.466 e. The minimum Gasteiger partial charge on any atom is -0.466 e. The van der Waals surface area contributed by atoms with Gasteiger partial charge in [-0.05, 0) is 36.8 Å². The van der Waals surface area contributed by atoms with Gasteiger partial charge in [0.05, 0.1) is 0 Å². The molecule has 1 unspecified atom stereocenters. The van der Waals surface area contributed by atoms with Gasteiger partial charge in [0.25, 0.3) is 0 Å². The average Bonchev–Trinajstić information content (AvgIpc) is 2.59.